The van der Waals surface area contributed by atoms with E-state index >= 15 is 0 Å². The van der Waals surface area contributed by atoms with Crippen LogP contribution in [0.2, 0.25) is 5.02 Å². The topological polar surface area (TPSA) is 67.6 Å². The van der Waals surface area contributed by atoms with Gasteiger partial charge in [-0.3, -0.25) is 4.79 Å². The van der Waals surface area contributed by atoms with Crippen LogP contribution in [0.4, 0.5) is 11.4 Å². The van der Waals surface area contributed by atoms with E-state index < -0.39 is 0 Å². The molecule has 3 aromatic rings. The third kappa shape index (κ3) is 4.37. The van der Waals surface area contributed by atoms with E-state index in [4.69, 9.17) is 20.8 Å². The van der Waals surface area contributed by atoms with Gasteiger partial charge >= 0.3 is 0 Å². The van der Waals surface area contributed by atoms with Gasteiger partial charge in [0.05, 0.1) is 30.3 Å². The summed E-state index contributed by atoms with van der Waals surface area (Å²) in [6.45, 7) is 2.90. The van der Waals surface area contributed by atoms with Crippen LogP contribution in [0.25, 0.3) is 11.1 Å². The highest BCUT2D eigenvalue weighted by Gasteiger charge is 2.17. The highest BCUT2D eigenvalue weighted by Crippen LogP contribution is 2.30. The third-order valence-corrected chi connectivity index (χ3v) is 5.25. The maximum atomic E-state index is 12.5. The molecule has 0 bridgehead atoms. The normalized spacial score (nSPS) is 14.5. The Balaban J connectivity index is 1.43. The Hall–Kier alpha value is -2.22. The fourth-order valence-electron chi connectivity index (χ4n) is 2.91. The van der Waals surface area contributed by atoms with Crippen molar-refractivity contribution in [3.63, 3.8) is 0 Å². The van der Waals surface area contributed by atoms with Crippen LogP contribution in [0.1, 0.15) is 0 Å². The molecule has 0 atom stereocenters. The highest BCUT2D eigenvalue weighted by molar-refractivity contribution is 7.99. The van der Waals surface area contributed by atoms with Crippen LogP contribution in [0.3, 0.4) is 0 Å². The van der Waals surface area contributed by atoms with Crippen molar-refractivity contribution in [2.75, 3.05) is 42.3 Å². The van der Waals surface area contributed by atoms with Crippen molar-refractivity contribution < 1.29 is 13.9 Å². The predicted molar refractivity (Wildman–Crippen MR) is 108 cm³/mol. The summed E-state index contributed by atoms with van der Waals surface area (Å²) in [4.78, 5) is 19.0. The van der Waals surface area contributed by atoms with Gasteiger partial charge in [0, 0.05) is 18.1 Å². The summed E-state index contributed by atoms with van der Waals surface area (Å²) in [6.07, 6.45) is 0. The van der Waals surface area contributed by atoms with Crippen molar-refractivity contribution in [1.82, 2.24) is 4.98 Å². The summed E-state index contributed by atoms with van der Waals surface area (Å²) < 4.78 is 11.0. The number of aromatic nitrogens is 1. The number of para-hydroxylation sites is 2. The summed E-state index contributed by atoms with van der Waals surface area (Å²) in [6, 6.07) is 13.1. The van der Waals surface area contributed by atoms with E-state index in [1.54, 1.807) is 6.07 Å². The fourth-order valence-corrected chi connectivity index (χ4v) is 3.73. The lowest BCUT2D eigenvalue weighted by molar-refractivity contribution is -0.113. The Bertz CT molecular complexity index is 923. The van der Waals surface area contributed by atoms with Gasteiger partial charge in [0.2, 0.25) is 5.91 Å². The molecule has 2 heterocycles. The van der Waals surface area contributed by atoms with Crippen molar-refractivity contribution in [1.29, 1.82) is 0 Å². The summed E-state index contributed by atoms with van der Waals surface area (Å²) in [5, 5.41) is 4.01. The second kappa shape index (κ2) is 8.21. The van der Waals surface area contributed by atoms with Crippen LogP contribution in [-0.2, 0) is 9.53 Å². The Morgan fingerprint density at radius 3 is 2.85 bits per heavy atom. The summed E-state index contributed by atoms with van der Waals surface area (Å²) in [5.41, 5.74) is 3.14. The van der Waals surface area contributed by atoms with E-state index in [0.29, 0.717) is 34.7 Å². The molecule has 6 nitrogen and oxygen atoms in total. The molecule has 140 valence electrons. The zero-order valence-corrected chi connectivity index (χ0v) is 16.1. The second-order valence-corrected chi connectivity index (χ2v) is 7.41. The number of rotatable bonds is 5. The molecule has 0 radical (unpaired) electrons. The predicted octanol–water partition coefficient (Wildman–Crippen LogP) is 4.05. The number of carbonyl (C=O) groups is 1. The molecular formula is C19H18ClN3O3S. The van der Waals surface area contributed by atoms with Gasteiger partial charge < -0.3 is 19.4 Å². The van der Waals surface area contributed by atoms with Gasteiger partial charge in [-0.15, -0.1) is 0 Å². The molecule has 0 aliphatic carbocycles. The quantitative estimate of drug-likeness (QED) is 0.648. The molecule has 1 aliphatic rings. The van der Waals surface area contributed by atoms with E-state index in [1.165, 1.54) is 11.8 Å². The molecule has 1 N–H and O–H groups in total. The van der Waals surface area contributed by atoms with E-state index in [9.17, 15) is 4.79 Å². The van der Waals surface area contributed by atoms with Gasteiger partial charge in [0.15, 0.2) is 5.58 Å². The number of oxazole rings is 1. The monoisotopic (exact) mass is 403 g/mol. The molecule has 1 fully saturated rings. The molecule has 1 aromatic heterocycles. The van der Waals surface area contributed by atoms with E-state index in [2.05, 4.69) is 15.2 Å². The lowest BCUT2D eigenvalue weighted by Crippen LogP contribution is -2.36. The lowest BCUT2D eigenvalue weighted by Gasteiger charge is -2.30. The number of amides is 1. The number of ether oxygens (including phenoxy) is 1. The number of hydrogen-bond donors (Lipinski definition) is 1. The van der Waals surface area contributed by atoms with Crippen LogP contribution in [0, 0.1) is 0 Å². The van der Waals surface area contributed by atoms with Crippen molar-refractivity contribution in [2.45, 2.75) is 5.22 Å². The van der Waals surface area contributed by atoms with Crippen molar-refractivity contribution in [3.05, 3.63) is 47.5 Å². The summed E-state index contributed by atoms with van der Waals surface area (Å²) in [7, 11) is 0. The highest BCUT2D eigenvalue weighted by atomic mass is 35.5. The van der Waals surface area contributed by atoms with E-state index in [-0.39, 0.29) is 11.7 Å². The second-order valence-electron chi connectivity index (χ2n) is 6.05. The number of halogens is 1. The molecule has 0 saturated carbocycles. The maximum Gasteiger partial charge on any atom is 0.257 e. The first-order valence-electron chi connectivity index (χ1n) is 8.59. The molecule has 27 heavy (non-hydrogen) atoms. The zero-order chi connectivity index (χ0) is 18.6. The first kappa shape index (κ1) is 18.2. The van der Waals surface area contributed by atoms with Gasteiger partial charge in [-0.2, -0.15) is 0 Å². The summed E-state index contributed by atoms with van der Waals surface area (Å²) in [5.74, 6) is 0.0565. The van der Waals surface area contributed by atoms with Gasteiger partial charge in [0.25, 0.3) is 5.22 Å². The van der Waals surface area contributed by atoms with Gasteiger partial charge in [-0.05, 0) is 30.3 Å². The van der Waals surface area contributed by atoms with Crippen molar-refractivity contribution in [2.24, 2.45) is 0 Å². The van der Waals surface area contributed by atoms with Crippen molar-refractivity contribution in [3.8, 4) is 0 Å². The Labute approximate surface area is 165 Å². The first-order chi connectivity index (χ1) is 13.2. The molecule has 2 aromatic carbocycles. The number of nitrogens with one attached hydrogen (secondary N) is 1. The lowest BCUT2D eigenvalue weighted by atomic mass is 10.2. The van der Waals surface area contributed by atoms with Gasteiger partial charge in [0.1, 0.15) is 5.52 Å². The fraction of sp³-hybridized carbons (Fsp3) is 0.263. The van der Waals surface area contributed by atoms with Crippen LogP contribution in [0.15, 0.2) is 52.1 Å². The minimum atomic E-state index is -0.140. The average molecular weight is 404 g/mol. The number of thioether (sulfide) groups is 1. The van der Waals surface area contributed by atoms with Crippen molar-refractivity contribution >= 4 is 51.7 Å². The Morgan fingerprint density at radius 1 is 1.22 bits per heavy atom. The summed E-state index contributed by atoms with van der Waals surface area (Å²) >= 11 is 7.40. The maximum absolute atomic E-state index is 12.5. The molecule has 1 saturated heterocycles. The smallest absolute Gasteiger partial charge is 0.257 e. The van der Waals surface area contributed by atoms with E-state index in [1.807, 2.05) is 36.4 Å². The van der Waals surface area contributed by atoms with Crippen LogP contribution in [-0.4, -0.2) is 42.9 Å². The number of benzene rings is 2. The first-order valence-corrected chi connectivity index (χ1v) is 9.96. The standard InChI is InChI=1S/C19H18ClN3O3S/c20-13-5-6-16(23-7-9-25-10-8-23)15(11-13)21-18(24)12-27-19-22-14-3-1-2-4-17(14)26-19/h1-6,11H,7-10,12H2,(H,21,24). The van der Waals surface area contributed by atoms with E-state index in [0.717, 1.165) is 24.3 Å². The molecule has 0 spiro atoms. The van der Waals surface area contributed by atoms with Crippen LogP contribution in [0.5, 0.6) is 0 Å². The molecule has 0 unspecified atom stereocenters. The number of hydrogen-bond acceptors (Lipinski definition) is 6. The largest absolute Gasteiger partial charge is 0.431 e. The van der Waals surface area contributed by atoms with Crippen LogP contribution < -0.4 is 10.2 Å². The molecule has 4 rings (SSSR count). The average Bonchev–Trinajstić information content (AvgIpc) is 3.10. The number of fused-ring (bicyclic) bond motifs is 1. The van der Waals surface area contributed by atoms with Crippen LogP contribution >= 0.6 is 23.4 Å². The minimum Gasteiger partial charge on any atom is -0.431 e. The van der Waals surface area contributed by atoms with Gasteiger partial charge in [-0.25, -0.2) is 4.98 Å². The number of nitrogens with zero attached hydrogens (tertiary/aromatic N) is 2. The molecule has 1 amide bonds. The minimum absolute atomic E-state index is 0.140. The SMILES string of the molecule is O=C(CSc1nc2ccccc2o1)Nc1cc(Cl)ccc1N1CCOCC1. The molecular weight excluding hydrogens is 386 g/mol. The number of morpholine rings is 1. The third-order valence-electron chi connectivity index (χ3n) is 4.19. The zero-order valence-electron chi connectivity index (χ0n) is 14.5. The van der Waals surface area contributed by atoms with Gasteiger partial charge in [-0.1, -0.05) is 35.5 Å². The molecule has 8 heteroatoms. The number of carbonyl (C=O) groups excluding carboxylic acids is 1. The Kier molecular flexibility index (Phi) is 5.52. The number of anilines is 2. The Morgan fingerprint density at radius 2 is 2.04 bits per heavy atom. The molecule has 1 aliphatic heterocycles.